The Labute approximate surface area is 138 Å². The summed E-state index contributed by atoms with van der Waals surface area (Å²) in [6, 6.07) is 0. The topological polar surface area (TPSA) is 145 Å². The molecule has 0 aliphatic heterocycles. The molecule has 0 atom stereocenters. The Balaban J connectivity index is 4.59. The zero-order chi connectivity index (χ0) is 17.8. The van der Waals surface area contributed by atoms with Gasteiger partial charge in [-0.15, -0.1) is 0 Å². The van der Waals surface area contributed by atoms with Crippen molar-refractivity contribution in [1.29, 1.82) is 0 Å². The van der Waals surface area contributed by atoms with Crippen molar-refractivity contribution in [2.45, 2.75) is 0 Å². The molecule has 0 saturated heterocycles. The summed E-state index contributed by atoms with van der Waals surface area (Å²) >= 11 is 3.87. The molecule has 0 aromatic rings. The third-order valence-corrected chi connectivity index (χ3v) is 2.70. The van der Waals surface area contributed by atoms with Crippen LogP contribution in [0.2, 0.25) is 0 Å². The second-order valence-corrected chi connectivity index (χ2v) is 4.99. The fourth-order valence-corrected chi connectivity index (χ4v) is 1.76. The van der Waals surface area contributed by atoms with Crippen LogP contribution in [0.5, 0.6) is 0 Å². The predicted molar refractivity (Wildman–Crippen MR) is 80.6 cm³/mol. The molecule has 0 bridgehead atoms. The minimum absolute atomic E-state index is 0.00281. The van der Waals surface area contributed by atoms with Gasteiger partial charge in [-0.2, -0.15) is 12.6 Å². The van der Waals surface area contributed by atoms with E-state index in [0.717, 1.165) is 4.90 Å². The highest BCUT2D eigenvalue weighted by Crippen LogP contribution is 1.96. The van der Waals surface area contributed by atoms with Gasteiger partial charge in [0.05, 0.1) is 26.2 Å². The molecule has 0 fully saturated rings. The maximum absolute atomic E-state index is 11.5. The number of carbonyl (C=O) groups is 4. The molecule has 0 aromatic carbocycles. The number of aliphatic carboxylic acids is 3. The van der Waals surface area contributed by atoms with E-state index in [4.69, 9.17) is 20.1 Å². The van der Waals surface area contributed by atoms with Gasteiger partial charge >= 0.3 is 23.9 Å². The van der Waals surface area contributed by atoms with E-state index in [1.54, 1.807) is 0 Å². The largest absolute Gasteiger partial charge is 0.480 e. The number of hydrogen-bond acceptors (Lipinski definition) is 8. The van der Waals surface area contributed by atoms with Gasteiger partial charge < -0.3 is 20.1 Å². The van der Waals surface area contributed by atoms with Crippen molar-refractivity contribution in [3.63, 3.8) is 0 Å². The van der Waals surface area contributed by atoms with Crippen molar-refractivity contribution in [3.8, 4) is 0 Å². The maximum atomic E-state index is 11.5. The molecule has 11 heteroatoms. The molecule has 0 amide bonds. The van der Waals surface area contributed by atoms with Gasteiger partial charge in [0.2, 0.25) is 0 Å². The van der Waals surface area contributed by atoms with E-state index in [-0.39, 0.29) is 26.2 Å². The number of hydrogen-bond donors (Lipinski definition) is 4. The first-order valence-electron chi connectivity index (χ1n) is 6.61. The van der Waals surface area contributed by atoms with Gasteiger partial charge in [-0.25, -0.2) is 0 Å². The highest BCUT2D eigenvalue weighted by molar-refractivity contribution is 7.80. The Hall–Kier alpha value is -1.85. The number of rotatable bonds is 13. The van der Waals surface area contributed by atoms with Gasteiger partial charge in [-0.05, 0) is 0 Å². The van der Waals surface area contributed by atoms with Gasteiger partial charge in [0.15, 0.2) is 0 Å². The lowest BCUT2D eigenvalue weighted by molar-refractivity contribution is -0.147. The summed E-state index contributed by atoms with van der Waals surface area (Å²) in [5.41, 5.74) is 0. The van der Waals surface area contributed by atoms with Crippen LogP contribution in [0.1, 0.15) is 0 Å². The zero-order valence-corrected chi connectivity index (χ0v) is 13.3. The molecule has 132 valence electrons. The van der Waals surface area contributed by atoms with Crippen LogP contribution in [-0.4, -0.2) is 101 Å². The predicted octanol–water partition coefficient (Wildman–Crippen LogP) is -1.68. The quantitative estimate of drug-likeness (QED) is 0.224. The molecular weight excluding hydrogens is 332 g/mol. The zero-order valence-electron chi connectivity index (χ0n) is 12.4. The van der Waals surface area contributed by atoms with Gasteiger partial charge in [0.1, 0.15) is 6.61 Å². The van der Waals surface area contributed by atoms with Crippen LogP contribution in [0.4, 0.5) is 0 Å². The number of carboxylic acids is 3. The third-order valence-electron chi connectivity index (χ3n) is 2.52. The van der Waals surface area contributed by atoms with Gasteiger partial charge in [-0.1, -0.05) is 0 Å². The summed E-state index contributed by atoms with van der Waals surface area (Å²) in [5.74, 6) is -3.89. The fourth-order valence-electron chi connectivity index (χ4n) is 1.67. The second kappa shape index (κ2) is 11.7. The molecule has 0 aromatic heterocycles. The minimum atomic E-state index is -1.20. The van der Waals surface area contributed by atoms with E-state index in [9.17, 15) is 19.2 Å². The maximum Gasteiger partial charge on any atom is 0.320 e. The fraction of sp³-hybridized carbons (Fsp3) is 0.667. The number of esters is 1. The molecule has 0 spiro atoms. The first-order chi connectivity index (χ1) is 10.7. The van der Waals surface area contributed by atoms with Crippen LogP contribution in [0.3, 0.4) is 0 Å². The Morgan fingerprint density at radius 1 is 0.783 bits per heavy atom. The average Bonchev–Trinajstić information content (AvgIpc) is 2.40. The molecule has 0 aliphatic carbocycles. The summed E-state index contributed by atoms with van der Waals surface area (Å²) in [6.07, 6.45) is 0. The van der Waals surface area contributed by atoms with Gasteiger partial charge in [0.25, 0.3) is 0 Å². The number of ether oxygens (including phenoxy) is 1. The standard InChI is InChI=1S/C12H20N2O8S/c15-9(16)5-13(6-10(17)18)1-2-14(7-11(19)20)8-12(21)22-3-4-23/h23H,1-8H2,(H,15,16)(H,17,18)(H,19,20). The van der Waals surface area contributed by atoms with Crippen LogP contribution in [0.25, 0.3) is 0 Å². The van der Waals surface area contributed by atoms with E-state index in [1.807, 2.05) is 0 Å². The van der Waals surface area contributed by atoms with Crippen LogP contribution < -0.4 is 0 Å². The van der Waals surface area contributed by atoms with Gasteiger partial charge in [0, 0.05) is 18.8 Å². The molecule has 10 nitrogen and oxygen atoms in total. The molecular formula is C12H20N2O8S. The number of thiol groups is 1. The van der Waals surface area contributed by atoms with Crippen molar-refractivity contribution in [1.82, 2.24) is 9.80 Å². The first-order valence-corrected chi connectivity index (χ1v) is 7.24. The molecule has 0 rings (SSSR count). The second-order valence-electron chi connectivity index (χ2n) is 4.55. The highest BCUT2D eigenvalue weighted by atomic mass is 32.1. The summed E-state index contributed by atoms with van der Waals surface area (Å²) in [6.45, 7) is -1.69. The summed E-state index contributed by atoms with van der Waals surface area (Å²) in [5, 5.41) is 26.3. The van der Waals surface area contributed by atoms with Crippen molar-refractivity contribution in [2.24, 2.45) is 0 Å². The van der Waals surface area contributed by atoms with Crippen molar-refractivity contribution in [2.75, 3.05) is 51.6 Å². The molecule has 0 heterocycles. The Bertz CT molecular complexity index is 415. The molecule has 0 unspecified atom stereocenters. The lowest BCUT2D eigenvalue weighted by Crippen LogP contribution is -2.43. The number of nitrogens with zero attached hydrogens (tertiary/aromatic N) is 2. The normalized spacial score (nSPS) is 10.7. The third kappa shape index (κ3) is 12.4. The van der Waals surface area contributed by atoms with Crippen LogP contribution >= 0.6 is 12.6 Å². The van der Waals surface area contributed by atoms with Crippen molar-refractivity contribution >= 4 is 36.5 Å². The van der Waals surface area contributed by atoms with Crippen LogP contribution in [-0.2, 0) is 23.9 Å². The Morgan fingerprint density at radius 2 is 1.17 bits per heavy atom. The Kier molecular flexibility index (Phi) is 10.7. The monoisotopic (exact) mass is 352 g/mol. The summed E-state index contributed by atoms with van der Waals surface area (Å²) in [7, 11) is 0. The average molecular weight is 352 g/mol. The molecule has 0 aliphatic rings. The lowest BCUT2D eigenvalue weighted by Gasteiger charge is -2.24. The van der Waals surface area contributed by atoms with Gasteiger partial charge in [-0.3, -0.25) is 29.0 Å². The molecule has 0 radical (unpaired) electrons. The first kappa shape index (κ1) is 21.1. The molecule has 3 N–H and O–H groups in total. The van der Waals surface area contributed by atoms with E-state index >= 15 is 0 Å². The van der Waals surface area contributed by atoms with Crippen molar-refractivity contribution in [3.05, 3.63) is 0 Å². The molecule has 23 heavy (non-hydrogen) atoms. The van der Waals surface area contributed by atoms with Crippen molar-refractivity contribution < 1.29 is 39.2 Å². The van der Waals surface area contributed by atoms with E-state index in [1.165, 1.54) is 4.90 Å². The number of carbonyl (C=O) groups excluding carboxylic acids is 1. The Morgan fingerprint density at radius 3 is 1.52 bits per heavy atom. The number of carboxylic acid groups (broad SMARTS) is 3. The van der Waals surface area contributed by atoms with E-state index < -0.39 is 43.5 Å². The van der Waals surface area contributed by atoms with E-state index in [0.29, 0.717) is 5.75 Å². The summed E-state index contributed by atoms with van der Waals surface area (Å²) < 4.78 is 4.79. The SMILES string of the molecule is O=C(O)CN(CCN(CC(=O)O)CC(=O)OCCS)CC(=O)O. The highest BCUT2D eigenvalue weighted by Gasteiger charge is 2.18. The summed E-state index contributed by atoms with van der Waals surface area (Å²) in [4.78, 5) is 46.0. The smallest absolute Gasteiger partial charge is 0.320 e. The van der Waals surface area contributed by atoms with Crippen LogP contribution in [0.15, 0.2) is 0 Å². The minimum Gasteiger partial charge on any atom is -0.480 e. The lowest BCUT2D eigenvalue weighted by atomic mass is 10.4. The van der Waals surface area contributed by atoms with E-state index in [2.05, 4.69) is 12.6 Å². The molecule has 0 saturated carbocycles. The van der Waals surface area contributed by atoms with Crippen LogP contribution in [0, 0.1) is 0 Å².